The third-order valence-electron chi connectivity index (χ3n) is 3.83. The number of carbonyl (C=O) groups is 2. The number of hydrogen-bond acceptors (Lipinski definition) is 3. The lowest BCUT2D eigenvalue weighted by molar-refractivity contribution is -0.133. The average Bonchev–Trinajstić information content (AvgIpc) is 2.52. The summed E-state index contributed by atoms with van der Waals surface area (Å²) in [6.07, 6.45) is 11.5. The Morgan fingerprint density at radius 3 is 1.92 bits per heavy atom. The molecule has 0 heterocycles. The van der Waals surface area contributed by atoms with Gasteiger partial charge in [0.1, 0.15) is 0 Å². The van der Waals surface area contributed by atoms with Crippen LogP contribution in [0.15, 0.2) is 46.6 Å². The molecule has 0 aliphatic carbocycles. The van der Waals surface area contributed by atoms with E-state index in [1.54, 1.807) is 19.9 Å². The van der Waals surface area contributed by atoms with Crippen molar-refractivity contribution in [2.24, 2.45) is 0 Å². The van der Waals surface area contributed by atoms with Gasteiger partial charge in [0, 0.05) is 11.6 Å². The first-order valence-electron chi connectivity index (χ1n) is 8.50. The summed E-state index contributed by atoms with van der Waals surface area (Å²) in [4.78, 5) is 21.2. The number of aliphatic hydroxyl groups is 1. The van der Waals surface area contributed by atoms with Gasteiger partial charge in [-0.1, -0.05) is 29.4 Å². The Kier molecular flexibility index (Phi) is 12.1. The number of allylic oxidation sites excluding steroid dienone is 5. The van der Waals surface area contributed by atoms with Crippen LogP contribution in [0.5, 0.6) is 0 Å². The summed E-state index contributed by atoms with van der Waals surface area (Å²) < 4.78 is 0. The SMILES string of the molecule is C/C(=C\C(=O)O)CC/C=C(\CO)CC/C=C(\C)CC/C=C(\C)C(=O)O. The fourth-order valence-corrected chi connectivity index (χ4v) is 2.24. The molecule has 0 radical (unpaired) electrons. The third-order valence-corrected chi connectivity index (χ3v) is 3.83. The topological polar surface area (TPSA) is 94.8 Å². The van der Waals surface area contributed by atoms with E-state index in [9.17, 15) is 14.7 Å². The highest BCUT2D eigenvalue weighted by Crippen LogP contribution is 2.13. The van der Waals surface area contributed by atoms with E-state index in [0.29, 0.717) is 24.8 Å². The molecule has 25 heavy (non-hydrogen) atoms. The molecule has 140 valence electrons. The molecule has 0 atom stereocenters. The average molecular weight is 350 g/mol. The van der Waals surface area contributed by atoms with Crippen molar-refractivity contribution in [1.82, 2.24) is 0 Å². The van der Waals surface area contributed by atoms with Gasteiger partial charge in [-0.3, -0.25) is 0 Å². The lowest BCUT2D eigenvalue weighted by atomic mass is 10.0. The lowest BCUT2D eigenvalue weighted by Crippen LogP contribution is -1.95. The lowest BCUT2D eigenvalue weighted by Gasteiger charge is -2.04. The van der Waals surface area contributed by atoms with E-state index in [-0.39, 0.29) is 6.61 Å². The minimum absolute atomic E-state index is 0.00905. The van der Waals surface area contributed by atoms with Crippen LogP contribution in [0.1, 0.15) is 59.3 Å². The zero-order valence-electron chi connectivity index (χ0n) is 15.4. The van der Waals surface area contributed by atoms with Crippen molar-refractivity contribution in [3.63, 3.8) is 0 Å². The first-order valence-corrected chi connectivity index (χ1v) is 8.50. The largest absolute Gasteiger partial charge is 0.478 e. The van der Waals surface area contributed by atoms with Crippen molar-refractivity contribution < 1.29 is 24.9 Å². The molecule has 0 saturated heterocycles. The predicted octanol–water partition coefficient (Wildman–Crippen LogP) is 4.25. The van der Waals surface area contributed by atoms with E-state index in [4.69, 9.17) is 10.2 Å². The van der Waals surface area contributed by atoms with Gasteiger partial charge in [-0.25, -0.2) is 9.59 Å². The Hall–Kier alpha value is -2.14. The van der Waals surface area contributed by atoms with Crippen LogP contribution in [0.4, 0.5) is 0 Å². The maximum Gasteiger partial charge on any atom is 0.330 e. The van der Waals surface area contributed by atoms with Gasteiger partial charge in [0.2, 0.25) is 0 Å². The molecule has 0 bridgehead atoms. The summed E-state index contributed by atoms with van der Waals surface area (Å²) in [5.41, 5.74) is 3.33. The Morgan fingerprint density at radius 2 is 1.36 bits per heavy atom. The minimum atomic E-state index is -0.933. The van der Waals surface area contributed by atoms with Crippen molar-refractivity contribution in [3.8, 4) is 0 Å². The second-order valence-electron chi connectivity index (χ2n) is 6.21. The van der Waals surface area contributed by atoms with Crippen LogP contribution in [-0.4, -0.2) is 33.9 Å². The zero-order chi connectivity index (χ0) is 19.2. The van der Waals surface area contributed by atoms with Gasteiger partial charge in [-0.05, 0) is 64.9 Å². The molecular formula is C20H30O5. The van der Waals surface area contributed by atoms with Crippen LogP contribution in [-0.2, 0) is 9.59 Å². The van der Waals surface area contributed by atoms with Crippen LogP contribution in [0, 0.1) is 0 Å². The van der Waals surface area contributed by atoms with Crippen molar-refractivity contribution in [3.05, 3.63) is 46.6 Å². The Labute approximate surface area is 150 Å². The van der Waals surface area contributed by atoms with Crippen LogP contribution >= 0.6 is 0 Å². The molecule has 0 aliphatic heterocycles. The summed E-state index contributed by atoms with van der Waals surface area (Å²) in [6, 6.07) is 0. The van der Waals surface area contributed by atoms with Gasteiger partial charge in [-0.2, -0.15) is 0 Å². The van der Waals surface area contributed by atoms with Crippen molar-refractivity contribution >= 4 is 11.9 Å². The fraction of sp³-hybridized carbons (Fsp3) is 0.500. The summed E-state index contributed by atoms with van der Waals surface area (Å²) >= 11 is 0. The number of carboxylic acid groups (broad SMARTS) is 2. The zero-order valence-corrected chi connectivity index (χ0v) is 15.4. The molecule has 0 aromatic rings. The molecule has 0 fully saturated rings. The maximum atomic E-state index is 10.7. The molecular weight excluding hydrogens is 320 g/mol. The highest BCUT2D eigenvalue weighted by molar-refractivity contribution is 5.85. The van der Waals surface area contributed by atoms with E-state index in [0.717, 1.165) is 30.4 Å². The van der Waals surface area contributed by atoms with Crippen molar-refractivity contribution in [1.29, 1.82) is 0 Å². The summed E-state index contributed by atoms with van der Waals surface area (Å²) in [6.45, 7) is 5.40. The van der Waals surface area contributed by atoms with Gasteiger partial charge < -0.3 is 15.3 Å². The van der Waals surface area contributed by atoms with Gasteiger partial charge in [0.15, 0.2) is 0 Å². The first-order chi connectivity index (χ1) is 11.8. The van der Waals surface area contributed by atoms with E-state index in [2.05, 4.69) is 6.08 Å². The number of aliphatic carboxylic acids is 2. The Balaban J connectivity index is 4.28. The monoisotopic (exact) mass is 350 g/mol. The predicted molar refractivity (Wildman–Crippen MR) is 99.4 cm³/mol. The van der Waals surface area contributed by atoms with Gasteiger partial charge >= 0.3 is 11.9 Å². The first kappa shape index (κ1) is 22.9. The molecule has 0 aromatic heterocycles. The summed E-state index contributed by atoms with van der Waals surface area (Å²) in [5.74, 6) is -1.81. The van der Waals surface area contributed by atoms with Crippen LogP contribution < -0.4 is 0 Å². The number of hydrogen-bond donors (Lipinski definition) is 3. The molecule has 3 N–H and O–H groups in total. The Bertz CT molecular complexity index is 565. The van der Waals surface area contributed by atoms with E-state index >= 15 is 0 Å². The standard InChI is InChI=1S/C20H30O5/c1-15(7-4-10-17(3)20(24)25)8-5-11-18(14-21)12-6-9-16(2)13-19(22)23/h8,10,12-13,21H,4-7,9,11,14H2,1-3H3,(H,22,23)(H,24,25)/b15-8+,16-13+,17-10+,18-12-. The molecule has 5 heteroatoms. The summed E-state index contributed by atoms with van der Waals surface area (Å²) in [7, 11) is 0. The second-order valence-corrected chi connectivity index (χ2v) is 6.21. The number of carboxylic acids is 2. The molecule has 0 saturated carbocycles. The van der Waals surface area contributed by atoms with Crippen molar-refractivity contribution in [2.75, 3.05) is 6.61 Å². The summed E-state index contributed by atoms with van der Waals surface area (Å²) in [5, 5.41) is 26.8. The van der Waals surface area contributed by atoms with Crippen LogP contribution in [0.3, 0.4) is 0 Å². The molecule has 5 nitrogen and oxygen atoms in total. The molecule has 0 unspecified atom stereocenters. The number of rotatable bonds is 12. The van der Waals surface area contributed by atoms with Gasteiger partial charge in [0.05, 0.1) is 6.61 Å². The van der Waals surface area contributed by atoms with Gasteiger partial charge in [-0.15, -0.1) is 0 Å². The Morgan fingerprint density at radius 1 is 0.800 bits per heavy atom. The van der Waals surface area contributed by atoms with Crippen LogP contribution in [0.2, 0.25) is 0 Å². The molecule has 0 aromatic carbocycles. The van der Waals surface area contributed by atoms with Crippen LogP contribution in [0.25, 0.3) is 0 Å². The third kappa shape index (κ3) is 12.9. The number of aliphatic hydroxyl groups excluding tert-OH is 1. The highest BCUT2D eigenvalue weighted by atomic mass is 16.4. The van der Waals surface area contributed by atoms with E-state index in [1.807, 2.05) is 13.0 Å². The van der Waals surface area contributed by atoms with E-state index < -0.39 is 11.9 Å². The van der Waals surface area contributed by atoms with Crippen molar-refractivity contribution in [2.45, 2.75) is 59.3 Å². The van der Waals surface area contributed by atoms with E-state index in [1.165, 1.54) is 11.6 Å². The minimum Gasteiger partial charge on any atom is -0.478 e. The molecule has 0 amide bonds. The normalized spacial score (nSPS) is 13.9. The van der Waals surface area contributed by atoms with Gasteiger partial charge in [0.25, 0.3) is 0 Å². The highest BCUT2D eigenvalue weighted by Gasteiger charge is 1.99. The molecule has 0 aliphatic rings. The molecule has 0 rings (SSSR count). The quantitative estimate of drug-likeness (QED) is 0.361. The maximum absolute atomic E-state index is 10.7. The second kappa shape index (κ2) is 13.2. The molecule has 0 spiro atoms. The fourth-order valence-electron chi connectivity index (χ4n) is 2.24. The smallest absolute Gasteiger partial charge is 0.330 e.